The monoisotopic (exact) mass is 247 g/mol. The van der Waals surface area contributed by atoms with Gasteiger partial charge in [0, 0.05) is 19.0 Å². The summed E-state index contributed by atoms with van der Waals surface area (Å²) in [6, 6.07) is 3.01. The number of carboxylic acids is 1. The van der Waals surface area contributed by atoms with Gasteiger partial charge < -0.3 is 10.4 Å². The smallest absolute Gasteiger partial charge is 0.305 e. The number of hydrogen-bond acceptors (Lipinski definition) is 2. The van der Waals surface area contributed by atoms with E-state index in [0.29, 0.717) is 6.92 Å². The molecule has 0 aliphatic rings. The van der Waals surface area contributed by atoms with Crippen LogP contribution in [0, 0.1) is 5.82 Å². The summed E-state index contributed by atoms with van der Waals surface area (Å²) in [5.41, 5.74) is -0.405. The Balaban J connectivity index is 2.73. The summed E-state index contributed by atoms with van der Waals surface area (Å²) in [5, 5.41) is 10.9. The van der Waals surface area contributed by atoms with E-state index in [1.165, 1.54) is 6.07 Å². The van der Waals surface area contributed by atoms with Crippen molar-refractivity contribution in [3.8, 4) is 0 Å². The first-order chi connectivity index (χ1) is 7.80. The molecule has 0 amide bonds. The Kier molecular flexibility index (Phi) is 3.98. The lowest BCUT2D eigenvalue weighted by molar-refractivity contribution is -0.136. The zero-order valence-corrected chi connectivity index (χ0v) is 9.14. The molecule has 0 saturated carbocycles. The van der Waals surface area contributed by atoms with Gasteiger partial charge in [0.15, 0.2) is 0 Å². The molecular formula is C11H12F3NO2. The lowest BCUT2D eigenvalue weighted by Gasteiger charge is -2.12. The standard InChI is InChI=1S/C11H12F3NO2/c1-11(13,14)7-2-3-9(8(12)6-7)15-5-4-10(16)17/h2-3,6,15H,4-5H2,1H3,(H,16,17). The van der Waals surface area contributed by atoms with Crippen LogP contribution in [0.5, 0.6) is 0 Å². The maximum Gasteiger partial charge on any atom is 0.305 e. The number of rotatable bonds is 5. The van der Waals surface area contributed by atoms with Crippen molar-refractivity contribution >= 4 is 11.7 Å². The molecular weight excluding hydrogens is 235 g/mol. The predicted octanol–water partition coefficient (Wildman–Crippen LogP) is 2.82. The molecule has 1 rings (SSSR count). The Bertz CT molecular complexity index is 416. The lowest BCUT2D eigenvalue weighted by atomic mass is 10.1. The van der Waals surface area contributed by atoms with Gasteiger partial charge in [-0.05, 0) is 12.1 Å². The van der Waals surface area contributed by atoms with E-state index in [1.54, 1.807) is 0 Å². The average Bonchev–Trinajstić information content (AvgIpc) is 2.18. The molecule has 94 valence electrons. The quantitative estimate of drug-likeness (QED) is 0.841. The van der Waals surface area contributed by atoms with Crippen LogP contribution in [0.3, 0.4) is 0 Å². The fourth-order valence-corrected chi connectivity index (χ4v) is 1.24. The molecule has 0 radical (unpaired) electrons. The highest BCUT2D eigenvalue weighted by atomic mass is 19.3. The second-order valence-corrected chi connectivity index (χ2v) is 3.65. The number of benzene rings is 1. The van der Waals surface area contributed by atoms with Gasteiger partial charge in [0.1, 0.15) is 5.82 Å². The third kappa shape index (κ3) is 3.97. The Morgan fingerprint density at radius 2 is 2.12 bits per heavy atom. The van der Waals surface area contributed by atoms with Crippen molar-refractivity contribution in [1.82, 2.24) is 0 Å². The molecule has 0 saturated heterocycles. The Hall–Kier alpha value is -1.72. The van der Waals surface area contributed by atoms with E-state index >= 15 is 0 Å². The third-order valence-electron chi connectivity index (χ3n) is 2.13. The molecule has 0 atom stereocenters. The van der Waals surface area contributed by atoms with Crippen LogP contribution in [0.2, 0.25) is 0 Å². The second-order valence-electron chi connectivity index (χ2n) is 3.65. The summed E-state index contributed by atoms with van der Waals surface area (Å²) in [7, 11) is 0. The number of carbonyl (C=O) groups is 1. The van der Waals surface area contributed by atoms with Gasteiger partial charge in [0.05, 0.1) is 12.1 Å². The highest BCUT2D eigenvalue weighted by molar-refractivity contribution is 5.67. The van der Waals surface area contributed by atoms with Gasteiger partial charge in [-0.3, -0.25) is 4.79 Å². The van der Waals surface area contributed by atoms with Crippen LogP contribution >= 0.6 is 0 Å². The molecule has 2 N–H and O–H groups in total. The van der Waals surface area contributed by atoms with Gasteiger partial charge in [0.25, 0.3) is 5.92 Å². The van der Waals surface area contributed by atoms with E-state index < -0.39 is 23.3 Å². The summed E-state index contributed by atoms with van der Waals surface area (Å²) in [5.74, 6) is -4.94. The molecule has 0 unspecified atom stereocenters. The number of nitrogens with one attached hydrogen (secondary N) is 1. The number of alkyl halides is 2. The Labute approximate surface area is 96.3 Å². The lowest BCUT2D eigenvalue weighted by Crippen LogP contribution is -2.11. The molecule has 17 heavy (non-hydrogen) atoms. The predicted molar refractivity (Wildman–Crippen MR) is 56.7 cm³/mol. The molecule has 3 nitrogen and oxygen atoms in total. The van der Waals surface area contributed by atoms with Gasteiger partial charge in [-0.2, -0.15) is 0 Å². The third-order valence-corrected chi connectivity index (χ3v) is 2.13. The topological polar surface area (TPSA) is 49.3 Å². The van der Waals surface area contributed by atoms with E-state index in [4.69, 9.17) is 5.11 Å². The highest BCUT2D eigenvalue weighted by Gasteiger charge is 2.25. The Morgan fingerprint density at radius 1 is 1.47 bits per heavy atom. The first kappa shape index (κ1) is 13.3. The molecule has 0 aliphatic carbocycles. The van der Waals surface area contributed by atoms with Crippen molar-refractivity contribution in [3.63, 3.8) is 0 Å². The van der Waals surface area contributed by atoms with Crippen molar-refractivity contribution < 1.29 is 23.1 Å². The first-order valence-corrected chi connectivity index (χ1v) is 4.94. The van der Waals surface area contributed by atoms with E-state index in [1.807, 2.05) is 0 Å². The molecule has 0 aromatic heterocycles. The summed E-state index contributed by atoms with van der Waals surface area (Å²) < 4.78 is 39.1. The minimum atomic E-state index is -3.10. The van der Waals surface area contributed by atoms with Gasteiger partial charge in [0.2, 0.25) is 0 Å². The van der Waals surface area contributed by atoms with Crippen LogP contribution in [-0.4, -0.2) is 17.6 Å². The normalized spacial score (nSPS) is 11.3. The number of aliphatic carboxylic acids is 1. The molecule has 1 aromatic carbocycles. The van der Waals surface area contributed by atoms with E-state index in [9.17, 15) is 18.0 Å². The zero-order chi connectivity index (χ0) is 13.1. The van der Waals surface area contributed by atoms with Crippen molar-refractivity contribution in [1.29, 1.82) is 0 Å². The molecule has 1 aromatic rings. The van der Waals surface area contributed by atoms with Crippen molar-refractivity contribution in [3.05, 3.63) is 29.6 Å². The molecule has 0 fully saturated rings. The first-order valence-electron chi connectivity index (χ1n) is 4.94. The summed E-state index contributed by atoms with van der Waals surface area (Å²) in [4.78, 5) is 10.2. The molecule has 0 spiro atoms. The maximum atomic E-state index is 13.4. The number of halogens is 3. The van der Waals surface area contributed by atoms with Crippen molar-refractivity contribution in [2.24, 2.45) is 0 Å². The second kappa shape index (κ2) is 5.07. The van der Waals surface area contributed by atoms with Crippen molar-refractivity contribution in [2.45, 2.75) is 19.3 Å². The zero-order valence-electron chi connectivity index (χ0n) is 9.14. The Morgan fingerprint density at radius 3 is 2.59 bits per heavy atom. The minimum absolute atomic E-state index is 0.0132. The van der Waals surface area contributed by atoms with Crippen molar-refractivity contribution in [2.75, 3.05) is 11.9 Å². The molecule has 0 aliphatic heterocycles. The largest absolute Gasteiger partial charge is 0.481 e. The van der Waals surface area contributed by atoms with Crippen LogP contribution in [-0.2, 0) is 10.7 Å². The average molecular weight is 247 g/mol. The molecule has 0 heterocycles. The SMILES string of the molecule is CC(F)(F)c1ccc(NCCC(=O)O)c(F)c1. The number of carboxylic acid groups (broad SMARTS) is 1. The van der Waals surface area contributed by atoms with Gasteiger partial charge in [-0.25, -0.2) is 13.2 Å². The minimum Gasteiger partial charge on any atom is -0.481 e. The number of anilines is 1. The van der Waals surface area contributed by atoms with Crippen LogP contribution in [0.1, 0.15) is 18.9 Å². The summed E-state index contributed by atoms with van der Waals surface area (Å²) in [6.07, 6.45) is -0.175. The van der Waals surface area contributed by atoms with E-state index in [-0.39, 0.29) is 18.7 Å². The fraction of sp³-hybridized carbons (Fsp3) is 0.364. The summed E-state index contributed by atoms with van der Waals surface area (Å²) in [6.45, 7) is 0.716. The van der Waals surface area contributed by atoms with Gasteiger partial charge in [-0.1, -0.05) is 6.07 Å². The van der Waals surface area contributed by atoms with Gasteiger partial charge in [-0.15, -0.1) is 0 Å². The molecule has 0 bridgehead atoms. The van der Waals surface area contributed by atoms with Gasteiger partial charge >= 0.3 is 5.97 Å². The van der Waals surface area contributed by atoms with E-state index in [0.717, 1.165) is 12.1 Å². The summed E-state index contributed by atoms with van der Waals surface area (Å²) >= 11 is 0. The van der Waals surface area contributed by atoms with Crippen LogP contribution in [0.25, 0.3) is 0 Å². The fourth-order valence-electron chi connectivity index (χ4n) is 1.24. The maximum absolute atomic E-state index is 13.4. The van der Waals surface area contributed by atoms with Crippen LogP contribution in [0.4, 0.5) is 18.9 Å². The van der Waals surface area contributed by atoms with Crippen LogP contribution < -0.4 is 5.32 Å². The highest BCUT2D eigenvalue weighted by Crippen LogP contribution is 2.29. The van der Waals surface area contributed by atoms with E-state index in [2.05, 4.69) is 5.32 Å². The van der Waals surface area contributed by atoms with Crippen LogP contribution in [0.15, 0.2) is 18.2 Å². The number of hydrogen-bond donors (Lipinski definition) is 2. The molecule has 6 heteroatoms.